The number of aliphatic imine (C=N–C) groups is 1. The molecule has 1 N–H and O–H groups in total. The van der Waals surface area contributed by atoms with Crippen LogP contribution in [0.25, 0.3) is 0 Å². The summed E-state index contributed by atoms with van der Waals surface area (Å²) in [5.74, 6) is 1.27. The SMILES string of the molecule is CCNC(=NCC(=O)OC(C)(C)C)N1CCC(CN2CCCCC2)C1. The fourth-order valence-corrected chi connectivity index (χ4v) is 3.62. The molecule has 0 spiro atoms. The van der Waals surface area contributed by atoms with Crippen molar-refractivity contribution in [3.63, 3.8) is 0 Å². The van der Waals surface area contributed by atoms with E-state index in [2.05, 4.69) is 27.0 Å². The van der Waals surface area contributed by atoms with E-state index in [1.165, 1.54) is 45.3 Å². The van der Waals surface area contributed by atoms with Crippen molar-refractivity contribution >= 4 is 11.9 Å². The Morgan fingerprint density at radius 2 is 1.92 bits per heavy atom. The van der Waals surface area contributed by atoms with Crippen LogP contribution >= 0.6 is 0 Å². The first-order valence-corrected chi connectivity index (χ1v) is 9.85. The molecule has 2 fully saturated rings. The number of carbonyl (C=O) groups is 1. The third-order valence-electron chi connectivity index (χ3n) is 4.66. The van der Waals surface area contributed by atoms with Crippen molar-refractivity contribution in [1.29, 1.82) is 0 Å². The highest BCUT2D eigenvalue weighted by molar-refractivity contribution is 5.83. The van der Waals surface area contributed by atoms with Crippen molar-refractivity contribution in [1.82, 2.24) is 15.1 Å². The number of guanidine groups is 1. The fraction of sp³-hybridized carbons (Fsp3) is 0.895. The van der Waals surface area contributed by atoms with Crippen LogP contribution in [0.5, 0.6) is 0 Å². The third kappa shape index (κ3) is 7.22. The number of likely N-dealkylation sites (tertiary alicyclic amines) is 2. The van der Waals surface area contributed by atoms with Crippen LogP contribution in [-0.2, 0) is 9.53 Å². The lowest BCUT2D eigenvalue weighted by Gasteiger charge is -2.29. The van der Waals surface area contributed by atoms with Crippen LogP contribution in [0.4, 0.5) is 0 Å². The van der Waals surface area contributed by atoms with E-state index in [0.29, 0.717) is 5.92 Å². The number of nitrogens with one attached hydrogen (secondary N) is 1. The Kier molecular flexibility index (Phi) is 7.54. The van der Waals surface area contributed by atoms with Crippen LogP contribution in [0.15, 0.2) is 4.99 Å². The summed E-state index contributed by atoms with van der Waals surface area (Å²) in [5.41, 5.74) is -0.460. The summed E-state index contributed by atoms with van der Waals surface area (Å²) in [6.45, 7) is 14.3. The second-order valence-electron chi connectivity index (χ2n) is 8.22. The van der Waals surface area contributed by atoms with Crippen LogP contribution in [0.3, 0.4) is 0 Å². The van der Waals surface area contributed by atoms with Crippen molar-refractivity contribution in [2.45, 2.75) is 59.0 Å². The van der Waals surface area contributed by atoms with E-state index in [1.807, 2.05) is 20.8 Å². The average molecular weight is 353 g/mol. The van der Waals surface area contributed by atoms with Crippen LogP contribution in [0, 0.1) is 5.92 Å². The van der Waals surface area contributed by atoms with Gasteiger partial charge in [-0.1, -0.05) is 6.42 Å². The molecule has 0 aromatic carbocycles. The summed E-state index contributed by atoms with van der Waals surface area (Å²) in [7, 11) is 0. The molecule has 1 atom stereocenters. The lowest BCUT2D eigenvalue weighted by atomic mass is 10.1. The van der Waals surface area contributed by atoms with E-state index in [0.717, 1.165) is 25.6 Å². The first-order valence-electron chi connectivity index (χ1n) is 9.85. The molecule has 0 radical (unpaired) electrons. The normalized spacial score (nSPS) is 23.0. The summed E-state index contributed by atoms with van der Waals surface area (Å²) >= 11 is 0. The highest BCUT2D eigenvalue weighted by atomic mass is 16.6. The molecule has 144 valence electrons. The fourth-order valence-electron chi connectivity index (χ4n) is 3.62. The summed E-state index contributed by atoms with van der Waals surface area (Å²) in [6, 6.07) is 0. The average Bonchev–Trinajstić information content (AvgIpc) is 2.99. The van der Waals surface area contributed by atoms with E-state index in [-0.39, 0.29) is 12.5 Å². The van der Waals surface area contributed by atoms with Crippen molar-refractivity contribution < 1.29 is 9.53 Å². The van der Waals surface area contributed by atoms with Gasteiger partial charge in [-0.15, -0.1) is 0 Å². The third-order valence-corrected chi connectivity index (χ3v) is 4.66. The highest BCUT2D eigenvalue weighted by Crippen LogP contribution is 2.20. The number of carbonyl (C=O) groups excluding carboxylic acids is 1. The first kappa shape index (κ1) is 20.0. The van der Waals surface area contributed by atoms with Gasteiger partial charge in [-0.25, -0.2) is 4.99 Å². The number of hydrogen-bond donors (Lipinski definition) is 1. The van der Waals surface area contributed by atoms with E-state index < -0.39 is 5.60 Å². The Hall–Kier alpha value is -1.30. The Balaban J connectivity index is 1.84. The van der Waals surface area contributed by atoms with Crippen LogP contribution in [-0.4, -0.2) is 73.1 Å². The molecule has 0 aromatic rings. The molecule has 0 aliphatic carbocycles. The van der Waals surface area contributed by atoms with Gasteiger partial charge in [-0.2, -0.15) is 0 Å². The molecule has 0 amide bonds. The molecule has 0 bridgehead atoms. The number of rotatable bonds is 5. The molecule has 6 nitrogen and oxygen atoms in total. The molecule has 0 saturated carbocycles. The second-order valence-corrected chi connectivity index (χ2v) is 8.22. The molecule has 2 aliphatic rings. The van der Waals surface area contributed by atoms with Gasteiger partial charge in [-0.05, 0) is 66.0 Å². The van der Waals surface area contributed by atoms with Gasteiger partial charge >= 0.3 is 5.97 Å². The van der Waals surface area contributed by atoms with Crippen molar-refractivity contribution in [2.75, 3.05) is 45.8 Å². The van der Waals surface area contributed by atoms with Gasteiger partial charge in [-0.3, -0.25) is 4.79 Å². The standard InChI is InChI=1S/C19H36N4O2/c1-5-20-18(21-13-17(24)25-19(2,3)4)23-12-9-16(15-23)14-22-10-7-6-8-11-22/h16H,5-15H2,1-4H3,(H,20,21). The molecule has 0 aromatic heterocycles. The Morgan fingerprint density at radius 3 is 2.56 bits per heavy atom. The Labute approximate surface area is 153 Å². The van der Waals surface area contributed by atoms with Crippen molar-refractivity contribution in [3.8, 4) is 0 Å². The molecule has 25 heavy (non-hydrogen) atoms. The van der Waals surface area contributed by atoms with Crippen LogP contribution in [0.2, 0.25) is 0 Å². The summed E-state index contributed by atoms with van der Waals surface area (Å²) < 4.78 is 5.35. The van der Waals surface area contributed by atoms with Crippen LogP contribution < -0.4 is 5.32 Å². The number of esters is 1. The zero-order chi connectivity index (χ0) is 18.3. The summed E-state index contributed by atoms with van der Waals surface area (Å²) in [6.07, 6.45) is 5.27. The van der Waals surface area contributed by atoms with Gasteiger partial charge in [0.15, 0.2) is 5.96 Å². The molecule has 2 rings (SSSR count). The van der Waals surface area contributed by atoms with Gasteiger partial charge < -0.3 is 19.9 Å². The zero-order valence-corrected chi connectivity index (χ0v) is 16.5. The topological polar surface area (TPSA) is 57.2 Å². The van der Waals surface area contributed by atoms with E-state index in [9.17, 15) is 4.79 Å². The number of hydrogen-bond acceptors (Lipinski definition) is 4. The minimum atomic E-state index is -0.460. The predicted octanol–water partition coefficient (Wildman–Crippen LogP) is 2.10. The lowest BCUT2D eigenvalue weighted by molar-refractivity contribution is -0.152. The van der Waals surface area contributed by atoms with Gasteiger partial charge in [0, 0.05) is 26.2 Å². The zero-order valence-electron chi connectivity index (χ0n) is 16.5. The smallest absolute Gasteiger partial charge is 0.328 e. The summed E-state index contributed by atoms with van der Waals surface area (Å²) in [5, 5.41) is 3.32. The Morgan fingerprint density at radius 1 is 1.20 bits per heavy atom. The monoisotopic (exact) mass is 352 g/mol. The lowest BCUT2D eigenvalue weighted by Crippen LogP contribution is -2.41. The summed E-state index contributed by atoms with van der Waals surface area (Å²) in [4.78, 5) is 21.3. The van der Waals surface area contributed by atoms with Gasteiger partial charge in [0.1, 0.15) is 12.1 Å². The molecule has 1 unspecified atom stereocenters. The first-order chi connectivity index (χ1) is 11.9. The van der Waals surface area contributed by atoms with Gasteiger partial charge in [0.25, 0.3) is 0 Å². The maximum absolute atomic E-state index is 11.9. The molecule has 2 saturated heterocycles. The molecule has 2 aliphatic heterocycles. The molecule has 6 heteroatoms. The van der Waals surface area contributed by atoms with E-state index in [1.54, 1.807) is 0 Å². The number of piperidine rings is 1. The Bertz CT molecular complexity index is 453. The maximum atomic E-state index is 11.9. The van der Waals surface area contributed by atoms with E-state index >= 15 is 0 Å². The molecular formula is C19H36N4O2. The predicted molar refractivity (Wildman–Crippen MR) is 102 cm³/mol. The second kappa shape index (κ2) is 9.41. The minimum absolute atomic E-state index is 0.0763. The molecular weight excluding hydrogens is 316 g/mol. The van der Waals surface area contributed by atoms with Crippen LogP contribution in [0.1, 0.15) is 53.4 Å². The van der Waals surface area contributed by atoms with E-state index in [4.69, 9.17) is 4.74 Å². The number of ether oxygens (including phenoxy) is 1. The van der Waals surface area contributed by atoms with Gasteiger partial charge in [0.05, 0.1) is 0 Å². The quantitative estimate of drug-likeness (QED) is 0.466. The minimum Gasteiger partial charge on any atom is -0.459 e. The van der Waals surface area contributed by atoms with Gasteiger partial charge in [0.2, 0.25) is 0 Å². The van der Waals surface area contributed by atoms with Crippen molar-refractivity contribution in [2.24, 2.45) is 10.9 Å². The highest BCUT2D eigenvalue weighted by Gasteiger charge is 2.27. The largest absolute Gasteiger partial charge is 0.459 e. The number of nitrogens with zero attached hydrogens (tertiary/aromatic N) is 3. The maximum Gasteiger partial charge on any atom is 0.328 e. The van der Waals surface area contributed by atoms with Crippen molar-refractivity contribution in [3.05, 3.63) is 0 Å². The molecule has 2 heterocycles.